The van der Waals surface area contributed by atoms with Gasteiger partial charge in [0.15, 0.2) is 23.8 Å². The van der Waals surface area contributed by atoms with E-state index in [-0.39, 0.29) is 67.7 Å². The van der Waals surface area contributed by atoms with Gasteiger partial charge in [-0.2, -0.15) is 0 Å². The standard InChI is InChI=1S/C37H58N8O10/c1-23(2)13-28(35(50)37(6)22-54-37)43-33(48)18-41-36(51)29(14-24(3)4)44-32(47)17-40-34(49)20-45(9-11-52-12-10-45)19-26-7-8-30(55-25(5)46)31(15-26)53-21-27(38)16-42-39/h7-8,15-16,23-24,28-29,42H,9-14,17-22,38-39H2,1-6H3,(H3-,40,41,43,44,47,48,49,51)/p+1/b27-16-/t28-,29-,37+/m0/s1. The number of Topliss-reactive ketones (excluding diaryl/α,β-unsaturated/α-hetero) is 1. The highest BCUT2D eigenvalue weighted by Crippen LogP contribution is 2.31. The molecule has 0 bridgehead atoms. The molecule has 0 aromatic heterocycles. The molecule has 3 rings (SSSR count). The van der Waals surface area contributed by atoms with Gasteiger partial charge in [-0.3, -0.25) is 34.6 Å². The molecule has 1 aromatic carbocycles. The van der Waals surface area contributed by atoms with Crippen LogP contribution >= 0.6 is 0 Å². The molecule has 0 spiro atoms. The first-order valence-corrected chi connectivity index (χ1v) is 18.5. The number of hydrogen-bond donors (Lipinski definition) is 7. The van der Waals surface area contributed by atoms with Crippen molar-refractivity contribution in [2.75, 3.05) is 59.2 Å². The lowest BCUT2D eigenvalue weighted by molar-refractivity contribution is -0.940. The molecule has 0 unspecified atom stereocenters. The van der Waals surface area contributed by atoms with Crippen LogP contribution in [-0.2, 0) is 44.8 Å². The first kappa shape index (κ1) is 44.6. The molecular weight excluding hydrogens is 716 g/mol. The minimum absolute atomic E-state index is 0.0169. The van der Waals surface area contributed by atoms with Crippen molar-refractivity contribution in [3.05, 3.63) is 35.7 Å². The second kappa shape index (κ2) is 20.8. The summed E-state index contributed by atoms with van der Waals surface area (Å²) in [7, 11) is 0. The van der Waals surface area contributed by atoms with E-state index in [1.54, 1.807) is 25.1 Å². The van der Waals surface area contributed by atoms with E-state index in [2.05, 4.69) is 26.7 Å². The van der Waals surface area contributed by atoms with Crippen LogP contribution in [0.3, 0.4) is 0 Å². The monoisotopic (exact) mass is 775 g/mol. The Morgan fingerprint density at radius 1 is 0.909 bits per heavy atom. The van der Waals surface area contributed by atoms with Crippen LogP contribution in [0, 0.1) is 11.8 Å². The van der Waals surface area contributed by atoms with Crippen LogP contribution in [0.25, 0.3) is 0 Å². The number of ether oxygens (including phenoxy) is 4. The van der Waals surface area contributed by atoms with Crippen molar-refractivity contribution in [1.82, 2.24) is 26.7 Å². The SMILES string of the molecule is CC(=O)Oc1ccc(C[N+]2(CC(=O)NCC(=O)N[C@@H](CC(C)C)C(=O)NCC(=O)N[C@@H](CC(C)C)C(=O)[C@@]3(C)CO3)CCOCC2)cc1OC/C(N)=C/NN. The summed E-state index contributed by atoms with van der Waals surface area (Å²) in [4.78, 5) is 76.9. The van der Waals surface area contributed by atoms with E-state index in [0.717, 1.165) is 5.56 Å². The van der Waals surface area contributed by atoms with Gasteiger partial charge in [-0.15, -0.1) is 0 Å². The Kier molecular flexibility index (Phi) is 16.9. The fourth-order valence-corrected chi connectivity index (χ4v) is 6.15. The van der Waals surface area contributed by atoms with E-state index in [4.69, 9.17) is 30.5 Å². The fourth-order valence-electron chi connectivity index (χ4n) is 6.15. The van der Waals surface area contributed by atoms with E-state index in [1.807, 2.05) is 27.7 Å². The molecule has 2 saturated heterocycles. The van der Waals surface area contributed by atoms with Gasteiger partial charge in [-0.25, -0.2) is 0 Å². The molecule has 306 valence electrons. The van der Waals surface area contributed by atoms with Crippen LogP contribution in [0.4, 0.5) is 0 Å². The summed E-state index contributed by atoms with van der Waals surface area (Å²) < 4.78 is 22.3. The van der Waals surface area contributed by atoms with Crippen molar-refractivity contribution in [2.45, 2.75) is 78.6 Å². The van der Waals surface area contributed by atoms with Crippen LogP contribution in [0.15, 0.2) is 30.1 Å². The molecule has 2 aliphatic rings. The number of esters is 1. The summed E-state index contributed by atoms with van der Waals surface area (Å²) in [6.07, 6.45) is 2.07. The molecule has 0 aliphatic carbocycles. The molecule has 18 nitrogen and oxygen atoms in total. The van der Waals surface area contributed by atoms with Crippen LogP contribution in [-0.4, -0.2) is 117 Å². The molecular formula is C37H59N8O10+. The van der Waals surface area contributed by atoms with Gasteiger partial charge >= 0.3 is 5.97 Å². The maximum absolute atomic E-state index is 13.3. The van der Waals surface area contributed by atoms with E-state index in [1.165, 1.54) is 13.1 Å². The van der Waals surface area contributed by atoms with Crippen LogP contribution in [0.1, 0.15) is 59.9 Å². The molecule has 0 saturated carbocycles. The van der Waals surface area contributed by atoms with Crippen molar-refractivity contribution < 1.29 is 52.2 Å². The van der Waals surface area contributed by atoms with Crippen molar-refractivity contribution in [3.63, 3.8) is 0 Å². The van der Waals surface area contributed by atoms with E-state index in [0.29, 0.717) is 56.1 Å². The molecule has 2 heterocycles. The minimum atomic E-state index is -0.967. The molecule has 18 heteroatoms. The smallest absolute Gasteiger partial charge is 0.308 e. The zero-order chi connectivity index (χ0) is 40.8. The summed E-state index contributed by atoms with van der Waals surface area (Å²) in [5, 5.41) is 10.6. The average Bonchev–Trinajstić information content (AvgIpc) is 3.86. The number of hydrazine groups is 1. The number of hydrogen-bond acceptors (Lipinski definition) is 13. The summed E-state index contributed by atoms with van der Waals surface area (Å²) in [5.74, 6) is 3.12. The number of morpholine rings is 1. The molecule has 2 aliphatic heterocycles. The highest BCUT2D eigenvalue weighted by molar-refractivity contribution is 5.97. The largest absolute Gasteiger partial charge is 0.483 e. The number of nitrogens with zero attached hydrogens (tertiary/aromatic N) is 1. The molecule has 1 aromatic rings. The van der Waals surface area contributed by atoms with E-state index >= 15 is 0 Å². The van der Waals surface area contributed by atoms with Gasteiger partial charge in [-0.05, 0) is 49.8 Å². The number of ketones is 1. The Bertz CT molecular complexity index is 1560. The summed E-state index contributed by atoms with van der Waals surface area (Å²) >= 11 is 0. The van der Waals surface area contributed by atoms with Gasteiger partial charge in [0.05, 0.1) is 44.6 Å². The topological polar surface area (TPSA) is 255 Å². The van der Waals surface area contributed by atoms with Crippen molar-refractivity contribution in [1.29, 1.82) is 0 Å². The molecule has 0 radical (unpaired) electrons. The average molecular weight is 776 g/mol. The predicted octanol–water partition coefficient (Wildman–Crippen LogP) is -0.747. The van der Waals surface area contributed by atoms with Gasteiger partial charge in [0.1, 0.15) is 37.9 Å². The van der Waals surface area contributed by atoms with Crippen LogP contribution < -0.4 is 47.7 Å². The third-order valence-corrected chi connectivity index (χ3v) is 9.03. The van der Waals surface area contributed by atoms with Crippen molar-refractivity contribution in [3.8, 4) is 11.5 Å². The highest BCUT2D eigenvalue weighted by Gasteiger charge is 2.50. The third kappa shape index (κ3) is 15.1. The van der Waals surface area contributed by atoms with E-state index < -0.39 is 41.4 Å². The number of amides is 4. The molecule has 2 fully saturated rings. The van der Waals surface area contributed by atoms with Gasteiger partial charge in [0.2, 0.25) is 17.7 Å². The summed E-state index contributed by atoms with van der Waals surface area (Å²) in [5.41, 5.74) is 8.40. The number of nitrogens with two attached hydrogens (primary N) is 2. The number of carbonyl (C=O) groups is 6. The third-order valence-electron chi connectivity index (χ3n) is 9.03. The number of epoxide rings is 1. The van der Waals surface area contributed by atoms with Crippen molar-refractivity contribution in [2.24, 2.45) is 23.4 Å². The lowest BCUT2D eigenvalue weighted by Gasteiger charge is -2.40. The Labute approximate surface area is 322 Å². The van der Waals surface area contributed by atoms with Gasteiger partial charge < -0.3 is 55.9 Å². The number of benzene rings is 1. The lowest BCUT2D eigenvalue weighted by Crippen LogP contribution is -2.59. The minimum Gasteiger partial charge on any atom is -0.483 e. The number of nitrogens with one attached hydrogen (secondary N) is 5. The summed E-state index contributed by atoms with van der Waals surface area (Å²) in [6.45, 7) is 12.4. The number of carbonyl (C=O) groups excluding carboxylic acids is 6. The lowest BCUT2D eigenvalue weighted by atomic mass is 9.93. The first-order chi connectivity index (χ1) is 25.9. The Morgan fingerprint density at radius 3 is 2.09 bits per heavy atom. The van der Waals surface area contributed by atoms with Crippen LogP contribution in [0.2, 0.25) is 0 Å². The molecule has 4 amide bonds. The number of quaternary nitrogens is 1. The normalized spacial score (nSPS) is 18.7. The van der Waals surface area contributed by atoms with Crippen molar-refractivity contribution >= 4 is 35.4 Å². The van der Waals surface area contributed by atoms with Gasteiger partial charge in [0.25, 0.3) is 5.91 Å². The Hall–Kier alpha value is -4.78. The zero-order valence-corrected chi connectivity index (χ0v) is 32.8. The van der Waals surface area contributed by atoms with Gasteiger partial charge in [-0.1, -0.05) is 27.7 Å². The quantitative estimate of drug-likeness (QED) is 0.0192. The highest BCUT2D eigenvalue weighted by atomic mass is 16.6. The first-order valence-electron chi connectivity index (χ1n) is 18.5. The second-order valence-corrected chi connectivity index (χ2v) is 15.1. The van der Waals surface area contributed by atoms with Crippen LogP contribution in [0.5, 0.6) is 11.5 Å². The summed E-state index contributed by atoms with van der Waals surface area (Å²) in [6, 6.07) is 3.39. The molecule has 9 N–H and O–H groups in total. The van der Waals surface area contributed by atoms with E-state index in [9.17, 15) is 28.8 Å². The Morgan fingerprint density at radius 2 is 1.51 bits per heavy atom. The second-order valence-electron chi connectivity index (χ2n) is 15.1. The number of rotatable bonds is 22. The molecule has 3 atom stereocenters. The Balaban J connectivity index is 1.59. The maximum atomic E-state index is 13.3. The molecule has 55 heavy (non-hydrogen) atoms. The van der Waals surface area contributed by atoms with Gasteiger partial charge in [0, 0.05) is 18.7 Å². The zero-order valence-electron chi connectivity index (χ0n) is 32.8. The predicted molar refractivity (Wildman–Crippen MR) is 200 cm³/mol. The fraction of sp³-hybridized carbons (Fsp3) is 0.622. The maximum Gasteiger partial charge on any atom is 0.308 e.